The molecule has 20 heavy (non-hydrogen) atoms. The summed E-state index contributed by atoms with van der Waals surface area (Å²) in [4.78, 5) is 27.8. The second-order valence-corrected chi connectivity index (χ2v) is 5.83. The summed E-state index contributed by atoms with van der Waals surface area (Å²) in [7, 11) is 2.03. The Morgan fingerprint density at radius 3 is 2.35 bits per heavy atom. The number of rotatable bonds is 3. The number of likely N-dealkylation sites (N-methyl/N-ethyl adjacent to an activating group) is 1. The van der Waals surface area contributed by atoms with Crippen molar-refractivity contribution in [3.05, 3.63) is 28.7 Å². The number of amides is 2. The van der Waals surface area contributed by atoms with Crippen LogP contribution in [-0.2, 0) is 9.59 Å². The Hall–Kier alpha value is -1.40. The minimum Gasteiger partial charge on any atom is -0.340 e. The highest BCUT2D eigenvalue weighted by Crippen LogP contribution is 2.14. The predicted octanol–water partition coefficient (Wildman–Crippen LogP) is 1.55. The third-order valence-corrected chi connectivity index (χ3v) is 3.82. The summed E-state index contributed by atoms with van der Waals surface area (Å²) in [5.41, 5.74) is 0.698. The molecule has 1 aliphatic rings. The van der Waals surface area contributed by atoms with Crippen LogP contribution in [0.25, 0.3) is 0 Å². The van der Waals surface area contributed by atoms with E-state index in [2.05, 4.69) is 26.1 Å². The normalized spacial score (nSPS) is 16.0. The number of hydrogen-bond acceptors (Lipinski definition) is 3. The quantitative estimate of drug-likeness (QED) is 0.850. The van der Waals surface area contributed by atoms with Gasteiger partial charge in [-0.1, -0.05) is 15.9 Å². The second-order valence-electron chi connectivity index (χ2n) is 4.92. The number of carbonyl (C=O) groups is 2. The number of hydrogen-bond donors (Lipinski definition) is 1. The zero-order chi connectivity index (χ0) is 14.5. The van der Waals surface area contributed by atoms with Gasteiger partial charge in [0.15, 0.2) is 0 Å². The third-order valence-electron chi connectivity index (χ3n) is 3.30. The van der Waals surface area contributed by atoms with Crippen molar-refractivity contribution in [3.63, 3.8) is 0 Å². The fraction of sp³-hybridized carbons (Fsp3) is 0.429. The van der Waals surface area contributed by atoms with Crippen molar-refractivity contribution in [1.29, 1.82) is 0 Å². The van der Waals surface area contributed by atoms with Gasteiger partial charge in [-0.2, -0.15) is 0 Å². The molecule has 2 rings (SSSR count). The van der Waals surface area contributed by atoms with Crippen LogP contribution in [0.4, 0.5) is 5.69 Å². The van der Waals surface area contributed by atoms with Crippen molar-refractivity contribution in [2.24, 2.45) is 0 Å². The van der Waals surface area contributed by atoms with Gasteiger partial charge in [-0.15, -0.1) is 0 Å². The fourth-order valence-electron chi connectivity index (χ4n) is 2.04. The fourth-order valence-corrected chi connectivity index (χ4v) is 2.31. The van der Waals surface area contributed by atoms with E-state index < -0.39 is 0 Å². The molecule has 1 aliphatic heterocycles. The summed E-state index contributed by atoms with van der Waals surface area (Å²) >= 11 is 3.33. The van der Waals surface area contributed by atoms with Gasteiger partial charge in [0.2, 0.25) is 11.8 Å². The highest BCUT2D eigenvalue weighted by atomic mass is 79.9. The number of carbonyl (C=O) groups excluding carboxylic acids is 2. The SMILES string of the molecule is CN1CCN(C(=O)CC(=O)Nc2ccc(Br)cc2)CC1. The molecular weight excluding hydrogens is 322 g/mol. The Bertz CT molecular complexity index is 482. The van der Waals surface area contributed by atoms with E-state index >= 15 is 0 Å². The van der Waals surface area contributed by atoms with Gasteiger partial charge in [0, 0.05) is 36.3 Å². The van der Waals surface area contributed by atoms with E-state index in [4.69, 9.17) is 0 Å². The Labute approximate surface area is 127 Å². The first-order chi connectivity index (χ1) is 9.54. The molecule has 0 radical (unpaired) electrons. The van der Waals surface area contributed by atoms with Crippen LogP contribution in [0.15, 0.2) is 28.7 Å². The zero-order valence-corrected chi connectivity index (χ0v) is 13.0. The number of nitrogens with one attached hydrogen (secondary N) is 1. The Kier molecular flexibility index (Phi) is 5.14. The van der Waals surface area contributed by atoms with Crippen LogP contribution in [0.2, 0.25) is 0 Å². The van der Waals surface area contributed by atoms with Gasteiger partial charge in [-0.05, 0) is 31.3 Å². The largest absolute Gasteiger partial charge is 0.340 e. The third kappa shape index (κ3) is 4.31. The van der Waals surface area contributed by atoms with Crippen LogP contribution in [0.5, 0.6) is 0 Å². The molecule has 2 amide bonds. The zero-order valence-electron chi connectivity index (χ0n) is 11.4. The van der Waals surface area contributed by atoms with Gasteiger partial charge in [0.1, 0.15) is 6.42 Å². The topological polar surface area (TPSA) is 52.7 Å². The van der Waals surface area contributed by atoms with Gasteiger partial charge < -0.3 is 15.1 Å². The van der Waals surface area contributed by atoms with Crippen molar-refractivity contribution in [2.75, 3.05) is 38.5 Å². The Balaban J connectivity index is 1.82. The van der Waals surface area contributed by atoms with E-state index in [0.29, 0.717) is 18.8 Å². The number of nitrogens with zero attached hydrogens (tertiary/aromatic N) is 2. The minimum absolute atomic E-state index is 0.0974. The first-order valence-corrected chi connectivity index (χ1v) is 7.35. The summed E-state index contributed by atoms with van der Waals surface area (Å²) in [5, 5.41) is 2.73. The molecule has 1 heterocycles. The molecule has 0 spiro atoms. The lowest BCUT2D eigenvalue weighted by Gasteiger charge is -2.32. The van der Waals surface area contributed by atoms with Crippen LogP contribution < -0.4 is 5.32 Å². The number of piperazine rings is 1. The lowest BCUT2D eigenvalue weighted by atomic mass is 10.2. The molecule has 5 nitrogen and oxygen atoms in total. The maximum absolute atomic E-state index is 12.0. The van der Waals surface area contributed by atoms with E-state index in [0.717, 1.165) is 17.6 Å². The lowest BCUT2D eigenvalue weighted by Crippen LogP contribution is -2.47. The molecular formula is C14H18BrN3O2. The van der Waals surface area contributed by atoms with Crippen LogP contribution in [0.1, 0.15) is 6.42 Å². The van der Waals surface area contributed by atoms with E-state index in [-0.39, 0.29) is 18.2 Å². The molecule has 0 bridgehead atoms. The molecule has 1 fully saturated rings. The number of halogens is 1. The average Bonchev–Trinajstić information content (AvgIpc) is 2.42. The molecule has 6 heteroatoms. The second kappa shape index (κ2) is 6.85. The van der Waals surface area contributed by atoms with Crippen LogP contribution in [-0.4, -0.2) is 54.8 Å². The summed E-state index contributed by atoms with van der Waals surface area (Å²) < 4.78 is 0.948. The van der Waals surface area contributed by atoms with Gasteiger partial charge >= 0.3 is 0 Å². The summed E-state index contributed by atoms with van der Waals surface area (Å²) in [6.45, 7) is 3.11. The molecule has 1 aromatic carbocycles. The maximum atomic E-state index is 12.0. The lowest BCUT2D eigenvalue weighted by molar-refractivity contribution is -0.135. The molecule has 0 aromatic heterocycles. The van der Waals surface area contributed by atoms with Crippen molar-refractivity contribution in [3.8, 4) is 0 Å². The average molecular weight is 340 g/mol. The van der Waals surface area contributed by atoms with Crippen LogP contribution in [0, 0.1) is 0 Å². The monoisotopic (exact) mass is 339 g/mol. The highest BCUT2D eigenvalue weighted by molar-refractivity contribution is 9.10. The van der Waals surface area contributed by atoms with Crippen LogP contribution >= 0.6 is 15.9 Å². The molecule has 108 valence electrons. The Morgan fingerprint density at radius 1 is 1.15 bits per heavy atom. The van der Waals surface area contributed by atoms with E-state index in [1.807, 2.05) is 19.2 Å². The first-order valence-electron chi connectivity index (χ1n) is 6.56. The Morgan fingerprint density at radius 2 is 1.75 bits per heavy atom. The molecule has 1 aromatic rings. The van der Waals surface area contributed by atoms with Crippen LogP contribution in [0.3, 0.4) is 0 Å². The number of benzene rings is 1. The first kappa shape index (κ1) is 15.0. The molecule has 0 saturated carbocycles. The van der Waals surface area contributed by atoms with Gasteiger partial charge in [0.05, 0.1) is 0 Å². The minimum atomic E-state index is -0.267. The molecule has 0 aliphatic carbocycles. The molecule has 1 saturated heterocycles. The van der Waals surface area contributed by atoms with Crippen molar-refractivity contribution in [1.82, 2.24) is 9.80 Å². The number of anilines is 1. The maximum Gasteiger partial charge on any atom is 0.233 e. The van der Waals surface area contributed by atoms with E-state index in [1.165, 1.54) is 0 Å². The molecule has 0 unspecified atom stereocenters. The highest BCUT2D eigenvalue weighted by Gasteiger charge is 2.21. The van der Waals surface area contributed by atoms with Gasteiger partial charge in [-0.25, -0.2) is 0 Å². The van der Waals surface area contributed by atoms with E-state index in [9.17, 15) is 9.59 Å². The smallest absolute Gasteiger partial charge is 0.233 e. The van der Waals surface area contributed by atoms with Crippen molar-refractivity contribution >= 4 is 33.4 Å². The molecule has 0 atom stereocenters. The van der Waals surface area contributed by atoms with Gasteiger partial charge in [0.25, 0.3) is 0 Å². The van der Waals surface area contributed by atoms with Crippen molar-refractivity contribution < 1.29 is 9.59 Å². The predicted molar refractivity (Wildman–Crippen MR) is 81.5 cm³/mol. The van der Waals surface area contributed by atoms with E-state index in [1.54, 1.807) is 17.0 Å². The van der Waals surface area contributed by atoms with Gasteiger partial charge in [-0.3, -0.25) is 9.59 Å². The standard InChI is InChI=1S/C14H18BrN3O2/c1-17-6-8-18(9-7-17)14(20)10-13(19)16-12-4-2-11(15)3-5-12/h2-5H,6-10H2,1H3,(H,16,19). The van der Waals surface area contributed by atoms with Crippen molar-refractivity contribution in [2.45, 2.75) is 6.42 Å². The summed E-state index contributed by atoms with van der Waals surface area (Å²) in [6, 6.07) is 7.28. The summed E-state index contributed by atoms with van der Waals surface area (Å²) in [6.07, 6.45) is -0.0974. The molecule has 1 N–H and O–H groups in total. The summed E-state index contributed by atoms with van der Waals surface area (Å²) in [5.74, 6) is -0.371.